The van der Waals surface area contributed by atoms with E-state index in [9.17, 15) is 14.7 Å². The van der Waals surface area contributed by atoms with Gasteiger partial charge in [0.2, 0.25) is 0 Å². The van der Waals surface area contributed by atoms with Crippen molar-refractivity contribution in [2.45, 2.75) is 25.9 Å². The fourth-order valence-corrected chi connectivity index (χ4v) is 4.06. The van der Waals surface area contributed by atoms with Gasteiger partial charge in [-0.3, -0.25) is 14.6 Å². The smallest absolute Gasteiger partial charge is 0.295 e. The molecule has 1 atom stereocenters. The summed E-state index contributed by atoms with van der Waals surface area (Å²) in [5.74, 6) is -1.12. The Hall–Kier alpha value is -3.64. The number of Topliss-reactive ketones (excluding diaryl/α,β-unsaturated/α-hetero) is 1. The Balaban J connectivity index is 1.83. The van der Waals surface area contributed by atoms with Gasteiger partial charge in [0.1, 0.15) is 11.5 Å². The number of aromatic nitrogens is 1. The third-order valence-corrected chi connectivity index (χ3v) is 5.60. The number of ketones is 1. The number of aliphatic hydroxyl groups excluding tert-OH is 1. The average Bonchev–Trinajstić information content (AvgIpc) is 3.08. The minimum absolute atomic E-state index is 0.0128. The molecule has 1 amide bonds. The van der Waals surface area contributed by atoms with Crippen LogP contribution in [-0.2, 0) is 16.1 Å². The van der Waals surface area contributed by atoms with Crippen molar-refractivity contribution in [1.82, 2.24) is 9.88 Å². The van der Waals surface area contributed by atoms with Gasteiger partial charge in [-0.25, -0.2) is 0 Å². The Bertz CT molecular complexity index is 1210. The maximum atomic E-state index is 13.2. The summed E-state index contributed by atoms with van der Waals surface area (Å²) < 4.78 is 5.66. The standard InChI is InChI=1S/C26H23ClN2O4/c1-2-12-33-21-10-4-8-19(14-21)24(30)22-23(18-7-3-9-20(27)13-18)29(26(32)25(22)31)16-17-6-5-11-28-15-17/h3-11,13-15,23,30H,2,12,16H2,1H3/b24-22+. The van der Waals surface area contributed by atoms with Crippen molar-refractivity contribution in [3.63, 3.8) is 0 Å². The number of carbonyl (C=O) groups is 2. The van der Waals surface area contributed by atoms with Gasteiger partial charge in [0.05, 0.1) is 18.2 Å². The highest BCUT2D eigenvalue weighted by atomic mass is 35.5. The maximum Gasteiger partial charge on any atom is 0.295 e. The van der Waals surface area contributed by atoms with Gasteiger partial charge >= 0.3 is 0 Å². The second kappa shape index (κ2) is 9.88. The molecular weight excluding hydrogens is 440 g/mol. The molecule has 1 saturated heterocycles. The second-order valence-corrected chi connectivity index (χ2v) is 8.16. The first-order valence-electron chi connectivity index (χ1n) is 10.7. The number of nitrogens with zero attached hydrogens (tertiary/aromatic N) is 2. The van der Waals surface area contributed by atoms with Crippen molar-refractivity contribution in [3.05, 3.63) is 100 Å². The SMILES string of the molecule is CCCOc1cccc(/C(O)=C2\C(=O)C(=O)N(Cc3cccnc3)C2c2cccc(Cl)c2)c1. The van der Waals surface area contributed by atoms with Crippen LogP contribution in [-0.4, -0.2) is 33.3 Å². The number of pyridine rings is 1. The third kappa shape index (κ3) is 4.76. The molecule has 33 heavy (non-hydrogen) atoms. The molecule has 2 heterocycles. The van der Waals surface area contributed by atoms with Crippen LogP contribution in [0, 0.1) is 0 Å². The molecule has 7 heteroatoms. The summed E-state index contributed by atoms with van der Waals surface area (Å²) in [7, 11) is 0. The molecule has 1 N–H and O–H groups in total. The molecule has 0 radical (unpaired) electrons. The molecule has 2 aromatic carbocycles. The number of carbonyl (C=O) groups excluding carboxylic acids is 2. The average molecular weight is 463 g/mol. The van der Waals surface area contributed by atoms with Gasteiger partial charge in [-0.05, 0) is 47.9 Å². The lowest BCUT2D eigenvalue weighted by molar-refractivity contribution is -0.140. The lowest BCUT2D eigenvalue weighted by Crippen LogP contribution is -2.29. The molecule has 0 saturated carbocycles. The summed E-state index contributed by atoms with van der Waals surface area (Å²) in [6, 6.07) is 16.6. The Morgan fingerprint density at radius 2 is 1.94 bits per heavy atom. The van der Waals surface area contributed by atoms with Crippen molar-refractivity contribution in [2.75, 3.05) is 6.61 Å². The fourth-order valence-electron chi connectivity index (χ4n) is 3.86. The Morgan fingerprint density at radius 3 is 2.67 bits per heavy atom. The molecular formula is C26H23ClN2O4. The summed E-state index contributed by atoms with van der Waals surface area (Å²) in [4.78, 5) is 31.8. The highest BCUT2D eigenvalue weighted by Gasteiger charge is 2.46. The molecule has 4 rings (SSSR count). The normalized spacial score (nSPS) is 17.4. The number of benzene rings is 2. The summed E-state index contributed by atoms with van der Waals surface area (Å²) in [6.45, 7) is 2.69. The van der Waals surface area contributed by atoms with Gasteiger partial charge in [0.25, 0.3) is 11.7 Å². The molecule has 1 fully saturated rings. The van der Waals surface area contributed by atoms with Gasteiger partial charge < -0.3 is 14.7 Å². The van der Waals surface area contributed by atoms with Crippen molar-refractivity contribution in [1.29, 1.82) is 0 Å². The van der Waals surface area contributed by atoms with Crippen LogP contribution in [0.15, 0.2) is 78.6 Å². The Kier molecular flexibility index (Phi) is 6.75. The lowest BCUT2D eigenvalue weighted by Gasteiger charge is -2.25. The van der Waals surface area contributed by atoms with E-state index in [1.165, 1.54) is 4.90 Å². The molecule has 1 unspecified atom stereocenters. The van der Waals surface area contributed by atoms with Gasteiger partial charge in [0.15, 0.2) is 0 Å². The molecule has 1 aromatic heterocycles. The van der Waals surface area contributed by atoms with Gasteiger partial charge in [-0.15, -0.1) is 0 Å². The van der Waals surface area contributed by atoms with E-state index in [4.69, 9.17) is 16.3 Å². The van der Waals surface area contributed by atoms with E-state index in [1.54, 1.807) is 67.0 Å². The van der Waals surface area contributed by atoms with Crippen molar-refractivity contribution in [3.8, 4) is 5.75 Å². The van der Waals surface area contributed by atoms with Crippen molar-refractivity contribution in [2.24, 2.45) is 0 Å². The fraction of sp³-hybridized carbons (Fsp3) is 0.192. The van der Waals surface area contributed by atoms with Gasteiger partial charge in [-0.1, -0.05) is 48.9 Å². The predicted molar refractivity (Wildman–Crippen MR) is 126 cm³/mol. The largest absolute Gasteiger partial charge is 0.507 e. The van der Waals surface area contributed by atoms with Crippen LogP contribution in [0.3, 0.4) is 0 Å². The van der Waals surface area contributed by atoms with E-state index >= 15 is 0 Å². The minimum Gasteiger partial charge on any atom is -0.507 e. The molecule has 1 aliphatic rings. The van der Waals surface area contributed by atoms with E-state index in [-0.39, 0.29) is 17.9 Å². The number of rotatable bonds is 7. The van der Waals surface area contributed by atoms with Gasteiger partial charge in [-0.2, -0.15) is 0 Å². The van der Waals surface area contributed by atoms with Crippen LogP contribution in [0.25, 0.3) is 5.76 Å². The number of amides is 1. The van der Waals surface area contributed by atoms with Crippen LogP contribution < -0.4 is 4.74 Å². The van der Waals surface area contributed by atoms with Crippen LogP contribution in [0.1, 0.15) is 36.1 Å². The molecule has 3 aromatic rings. The van der Waals surface area contributed by atoms with Crippen molar-refractivity contribution < 1.29 is 19.4 Å². The quantitative estimate of drug-likeness (QED) is 0.298. The van der Waals surface area contributed by atoms with Crippen molar-refractivity contribution >= 4 is 29.1 Å². The van der Waals surface area contributed by atoms with E-state index < -0.39 is 17.7 Å². The number of ether oxygens (including phenoxy) is 1. The highest BCUT2D eigenvalue weighted by molar-refractivity contribution is 6.46. The topological polar surface area (TPSA) is 79.7 Å². The molecule has 168 valence electrons. The molecule has 1 aliphatic heterocycles. The van der Waals surface area contributed by atoms with Crippen LogP contribution in [0.4, 0.5) is 0 Å². The molecule has 6 nitrogen and oxygen atoms in total. The molecule has 0 aliphatic carbocycles. The van der Waals surface area contributed by atoms with Gasteiger partial charge in [0, 0.05) is 29.5 Å². The van der Waals surface area contributed by atoms with Crippen LogP contribution in [0.5, 0.6) is 5.75 Å². The summed E-state index contributed by atoms with van der Waals surface area (Å²) in [5.41, 5.74) is 1.81. The first kappa shape index (κ1) is 22.6. The highest BCUT2D eigenvalue weighted by Crippen LogP contribution is 2.41. The van der Waals surface area contributed by atoms with E-state index in [2.05, 4.69) is 4.98 Å². The predicted octanol–water partition coefficient (Wildman–Crippen LogP) is 5.15. The third-order valence-electron chi connectivity index (χ3n) is 5.36. The monoisotopic (exact) mass is 462 g/mol. The first-order valence-corrected chi connectivity index (χ1v) is 11.0. The number of halogens is 1. The Morgan fingerprint density at radius 1 is 1.12 bits per heavy atom. The van der Waals surface area contributed by atoms with Crippen LogP contribution >= 0.6 is 11.6 Å². The zero-order valence-electron chi connectivity index (χ0n) is 18.1. The molecule has 0 spiro atoms. The maximum absolute atomic E-state index is 13.2. The zero-order valence-corrected chi connectivity index (χ0v) is 18.8. The first-order chi connectivity index (χ1) is 16.0. The van der Waals surface area contributed by atoms with E-state index in [0.717, 1.165) is 12.0 Å². The summed E-state index contributed by atoms with van der Waals surface area (Å²) >= 11 is 6.22. The zero-order chi connectivity index (χ0) is 23.4. The lowest BCUT2D eigenvalue weighted by atomic mass is 9.95. The number of aliphatic hydroxyl groups is 1. The number of hydrogen-bond acceptors (Lipinski definition) is 5. The second-order valence-electron chi connectivity index (χ2n) is 7.72. The molecule has 0 bridgehead atoms. The van der Waals surface area contributed by atoms with Crippen LogP contribution in [0.2, 0.25) is 5.02 Å². The summed E-state index contributed by atoms with van der Waals surface area (Å²) in [5, 5.41) is 11.7. The van der Waals surface area contributed by atoms with E-state index in [0.29, 0.717) is 28.5 Å². The minimum atomic E-state index is -0.802. The number of likely N-dealkylation sites (tertiary alicyclic amines) is 1. The Labute approximate surface area is 197 Å². The summed E-state index contributed by atoms with van der Waals surface area (Å²) in [6.07, 6.45) is 4.12. The number of hydrogen-bond donors (Lipinski definition) is 1. The van der Waals surface area contributed by atoms with E-state index in [1.807, 2.05) is 13.0 Å².